The molecule has 0 aliphatic heterocycles. The van der Waals surface area contributed by atoms with Gasteiger partial charge in [-0.25, -0.2) is 9.97 Å². The molecule has 1 aliphatic carbocycles. The third-order valence-corrected chi connectivity index (χ3v) is 7.44. The molecule has 174 valence electrons. The van der Waals surface area contributed by atoms with Gasteiger partial charge in [0.2, 0.25) is 11.8 Å². The van der Waals surface area contributed by atoms with Crippen LogP contribution in [0.25, 0.3) is 10.4 Å². The van der Waals surface area contributed by atoms with E-state index in [1.54, 1.807) is 25.6 Å². The molecule has 4 rings (SSSR count). The smallest absolute Gasteiger partial charge is 0.307 e. The number of rotatable bonds is 6. The van der Waals surface area contributed by atoms with Crippen LogP contribution in [0.4, 0.5) is 11.6 Å². The highest BCUT2D eigenvalue weighted by molar-refractivity contribution is 7.15. The van der Waals surface area contributed by atoms with Crippen molar-refractivity contribution in [2.75, 3.05) is 12.4 Å². The number of anilines is 2. The number of carbonyl (C=O) groups is 1. The first-order valence-electron chi connectivity index (χ1n) is 10.8. The standard InChI is InChI=1S/C24H28N4O4S/c1-14-9-15(11-16(10-14)27-22-25-8-6-19(28-22)32-4)18-12-26-21(33-18)24(31)7-5-17(20(29)30)23(2,3)13-24/h6,8-12,17,31H,5,7,13H2,1-4H3,(H,29,30)(H,25,27,28)/t17-,24-/m1/s1. The van der Waals surface area contributed by atoms with Gasteiger partial charge >= 0.3 is 5.97 Å². The van der Waals surface area contributed by atoms with Gasteiger partial charge in [-0.15, -0.1) is 11.3 Å². The van der Waals surface area contributed by atoms with Gasteiger partial charge in [0, 0.05) is 24.1 Å². The molecule has 1 saturated carbocycles. The largest absolute Gasteiger partial charge is 0.481 e. The highest BCUT2D eigenvalue weighted by Gasteiger charge is 2.49. The summed E-state index contributed by atoms with van der Waals surface area (Å²) >= 11 is 1.44. The van der Waals surface area contributed by atoms with E-state index in [2.05, 4.69) is 26.3 Å². The second kappa shape index (κ2) is 8.72. The lowest BCUT2D eigenvalue weighted by Gasteiger charge is -2.44. The first-order chi connectivity index (χ1) is 15.6. The van der Waals surface area contributed by atoms with Crippen LogP contribution in [0.15, 0.2) is 36.7 Å². The minimum absolute atomic E-state index is 0.359. The summed E-state index contributed by atoms with van der Waals surface area (Å²) in [6.45, 7) is 5.82. The molecule has 9 heteroatoms. The van der Waals surface area contributed by atoms with Crippen LogP contribution >= 0.6 is 11.3 Å². The number of aliphatic hydroxyl groups is 1. The molecule has 0 saturated heterocycles. The van der Waals surface area contributed by atoms with Gasteiger partial charge in [-0.05, 0) is 54.9 Å². The van der Waals surface area contributed by atoms with Crippen LogP contribution in [0.3, 0.4) is 0 Å². The van der Waals surface area contributed by atoms with E-state index in [-0.39, 0.29) is 0 Å². The van der Waals surface area contributed by atoms with E-state index in [1.807, 2.05) is 32.9 Å². The highest BCUT2D eigenvalue weighted by atomic mass is 32.1. The van der Waals surface area contributed by atoms with E-state index in [4.69, 9.17) is 4.74 Å². The van der Waals surface area contributed by atoms with Crippen molar-refractivity contribution in [3.05, 3.63) is 47.2 Å². The van der Waals surface area contributed by atoms with Crippen molar-refractivity contribution in [1.82, 2.24) is 15.0 Å². The van der Waals surface area contributed by atoms with Crippen LogP contribution in [0.1, 0.15) is 43.7 Å². The number of aliphatic carboxylic acids is 1. The molecule has 8 nitrogen and oxygen atoms in total. The van der Waals surface area contributed by atoms with E-state index in [0.29, 0.717) is 36.1 Å². The van der Waals surface area contributed by atoms with Crippen LogP contribution in [0.2, 0.25) is 0 Å². The molecular formula is C24H28N4O4S. The van der Waals surface area contributed by atoms with E-state index in [0.717, 1.165) is 21.7 Å². The van der Waals surface area contributed by atoms with Gasteiger partial charge in [-0.1, -0.05) is 19.9 Å². The van der Waals surface area contributed by atoms with Crippen molar-refractivity contribution in [3.8, 4) is 16.3 Å². The Balaban J connectivity index is 1.59. The molecule has 0 bridgehead atoms. The highest BCUT2D eigenvalue weighted by Crippen LogP contribution is 2.50. The quantitative estimate of drug-likeness (QED) is 0.474. The van der Waals surface area contributed by atoms with Gasteiger partial charge < -0.3 is 20.3 Å². The van der Waals surface area contributed by atoms with Crippen molar-refractivity contribution >= 4 is 28.9 Å². The number of methoxy groups -OCH3 is 1. The monoisotopic (exact) mass is 468 g/mol. The number of nitrogens with one attached hydrogen (secondary N) is 1. The maximum atomic E-state index is 11.6. The number of hydrogen-bond donors (Lipinski definition) is 3. The molecule has 1 fully saturated rings. The Hall–Kier alpha value is -3.04. The zero-order chi connectivity index (χ0) is 23.8. The summed E-state index contributed by atoms with van der Waals surface area (Å²) in [6, 6.07) is 7.73. The Morgan fingerprint density at radius 2 is 2.06 bits per heavy atom. The first-order valence-corrected chi connectivity index (χ1v) is 11.6. The zero-order valence-electron chi connectivity index (χ0n) is 19.1. The number of nitrogens with zero attached hydrogens (tertiary/aromatic N) is 3. The molecular weight excluding hydrogens is 440 g/mol. The molecule has 1 aromatic carbocycles. The van der Waals surface area contributed by atoms with Gasteiger partial charge in [-0.2, -0.15) is 4.98 Å². The SMILES string of the molecule is COc1ccnc(Nc2cc(C)cc(-c3cnc([C@@]4(O)CC[C@H](C(=O)O)C(C)(C)C4)s3)c2)n1. The summed E-state index contributed by atoms with van der Waals surface area (Å²) in [5, 5.41) is 24.8. The molecule has 2 aromatic heterocycles. The van der Waals surface area contributed by atoms with Crippen molar-refractivity contribution in [3.63, 3.8) is 0 Å². The molecule has 0 radical (unpaired) electrons. The minimum atomic E-state index is -1.13. The summed E-state index contributed by atoms with van der Waals surface area (Å²) in [6.07, 6.45) is 4.56. The van der Waals surface area contributed by atoms with E-state index >= 15 is 0 Å². The van der Waals surface area contributed by atoms with Crippen LogP contribution in [0, 0.1) is 18.3 Å². The van der Waals surface area contributed by atoms with E-state index < -0.39 is 22.9 Å². The normalized spacial score (nSPS) is 22.0. The lowest BCUT2D eigenvalue weighted by atomic mass is 9.63. The molecule has 3 aromatic rings. The Morgan fingerprint density at radius 1 is 1.27 bits per heavy atom. The van der Waals surface area contributed by atoms with Crippen LogP contribution in [-0.2, 0) is 10.4 Å². The average molecular weight is 469 g/mol. The maximum absolute atomic E-state index is 11.6. The Labute approximate surface area is 196 Å². The third-order valence-electron chi connectivity index (χ3n) is 6.20. The fourth-order valence-corrected chi connectivity index (χ4v) is 5.66. The molecule has 0 amide bonds. The molecule has 1 aliphatic rings. The minimum Gasteiger partial charge on any atom is -0.481 e. The third kappa shape index (κ3) is 4.84. The second-order valence-electron chi connectivity index (χ2n) is 9.29. The predicted octanol–water partition coefficient (Wildman–Crippen LogP) is 4.76. The number of carboxylic acid groups (broad SMARTS) is 1. The average Bonchev–Trinajstić information content (AvgIpc) is 3.24. The van der Waals surface area contributed by atoms with Crippen molar-refractivity contribution in [2.24, 2.45) is 11.3 Å². The van der Waals surface area contributed by atoms with Crippen molar-refractivity contribution in [2.45, 2.75) is 45.6 Å². The summed E-state index contributed by atoms with van der Waals surface area (Å²) in [4.78, 5) is 25.6. The molecule has 0 spiro atoms. The van der Waals surface area contributed by atoms with Crippen LogP contribution in [-0.4, -0.2) is 38.2 Å². The van der Waals surface area contributed by atoms with Gasteiger partial charge in [0.1, 0.15) is 10.6 Å². The summed E-state index contributed by atoms with van der Waals surface area (Å²) in [5.41, 5.74) is 1.19. The number of thiazole rings is 1. The fraction of sp³-hybridized carbons (Fsp3) is 0.417. The van der Waals surface area contributed by atoms with Gasteiger partial charge in [0.15, 0.2) is 0 Å². The number of aryl methyl sites for hydroxylation is 1. The lowest BCUT2D eigenvalue weighted by Crippen LogP contribution is -2.44. The number of benzene rings is 1. The van der Waals surface area contributed by atoms with E-state index in [1.165, 1.54) is 11.3 Å². The fourth-order valence-electron chi connectivity index (χ4n) is 4.64. The van der Waals surface area contributed by atoms with E-state index in [9.17, 15) is 15.0 Å². The maximum Gasteiger partial charge on any atom is 0.307 e. The Morgan fingerprint density at radius 3 is 2.76 bits per heavy atom. The topological polar surface area (TPSA) is 117 Å². The second-order valence-corrected chi connectivity index (χ2v) is 10.3. The first kappa shape index (κ1) is 23.1. The number of hydrogen-bond acceptors (Lipinski definition) is 8. The summed E-state index contributed by atoms with van der Waals surface area (Å²) < 4.78 is 5.16. The summed E-state index contributed by atoms with van der Waals surface area (Å²) in [5.74, 6) is -0.369. The van der Waals surface area contributed by atoms with Gasteiger partial charge in [-0.3, -0.25) is 4.79 Å². The molecule has 3 N–H and O–H groups in total. The molecule has 2 heterocycles. The lowest BCUT2D eigenvalue weighted by molar-refractivity contribution is -0.154. The molecule has 0 unspecified atom stereocenters. The number of ether oxygens (including phenoxy) is 1. The molecule has 2 atom stereocenters. The zero-order valence-corrected chi connectivity index (χ0v) is 19.9. The van der Waals surface area contributed by atoms with Crippen LogP contribution in [0.5, 0.6) is 5.88 Å². The Kier molecular flexibility index (Phi) is 6.11. The predicted molar refractivity (Wildman–Crippen MR) is 127 cm³/mol. The van der Waals surface area contributed by atoms with Crippen LogP contribution < -0.4 is 10.1 Å². The molecule has 33 heavy (non-hydrogen) atoms. The van der Waals surface area contributed by atoms with Crippen molar-refractivity contribution in [1.29, 1.82) is 0 Å². The van der Waals surface area contributed by atoms with Crippen molar-refractivity contribution < 1.29 is 19.7 Å². The summed E-state index contributed by atoms with van der Waals surface area (Å²) in [7, 11) is 1.56. The van der Waals surface area contributed by atoms with Gasteiger partial charge in [0.05, 0.1) is 17.9 Å². The Bertz CT molecular complexity index is 1180. The van der Waals surface area contributed by atoms with Gasteiger partial charge in [0.25, 0.3) is 0 Å². The number of carboxylic acids is 1. The number of aromatic nitrogens is 3.